The van der Waals surface area contributed by atoms with Gasteiger partial charge in [-0.25, -0.2) is 9.97 Å². The van der Waals surface area contributed by atoms with E-state index >= 15 is 0 Å². The van der Waals surface area contributed by atoms with E-state index in [1.807, 2.05) is 23.1 Å². The van der Waals surface area contributed by atoms with E-state index in [9.17, 15) is 4.79 Å². The lowest BCUT2D eigenvalue weighted by Crippen LogP contribution is -2.47. The fraction of sp³-hybridized carbons (Fsp3) is 0.560. The van der Waals surface area contributed by atoms with Gasteiger partial charge >= 0.3 is 0 Å². The van der Waals surface area contributed by atoms with Gasteiger partial charge in [0.15, 0.2) is 5.82 Å². The van der Waals surface area contributed by atoms with Gasteiger partial charge in [0, 0.05) is 43.6 Å². The fourth-order valence-corrected chi connectivity index (χ4v) is 4.50. The van der Waals surface area contributed by atoms with Crippen molar-refractivity contribution in [3.63, 3.8) is 0 Å². The van der Waals surface area contributed by atoms with Gasteiger partial charge in [-0.1, -0.05) is 51.1 Å². The number of benzene rings is 1. The molecule has 2 aliphatic heterocycles. The molecule has 1 amide bonds. The Labute approximate surface area is 185 Å². The molecule has 1 fully saturated rings. The van der Waals surface area contributed by atoms with Gasteiger partial charge in [-0.05, 0) is 19.3 Å². The van der Waals surface area contributed by atoms with Gasteiger partial charge in [-0.2, -0.15) is 0 Å². The van der Waals surface area contributed by atoms with Crippen LogP contribution in [0.15, 0.2) is 30.3 Å². The number of carbonyl (C=O) groups is 1. The maximum Gasteiger partial charge on any atom is 0.223 e. The van der Waals surface area contributed by atoms with E-state index in [2.05, 4.69) is 51.7 Å². The van der Waals surface area contributed by atoms with Crippen LogP contribution < -0.4 is 4.90 Å². The van der Waals surface area contributed by atoms with Crippen LogP contribution >= 0.6 is 0 Å². The highest BCUT2D eigenvalue weighted by Gasteiger charge is 2.32. The first-order chi connectivity index (χ1) is 14.7. The van der Waals surface area contributed by atoms with Crippen molar-refractivity contribution in [3.8, 4) is 11.4 Å². The molecule has 0 radical (unpaired) electrons. The van der Waals surface area contributed by atoms with Crippen LogP contribution in [-0.4, -0.2) is 52.6 Å². The summed E-state index contributed by atoms with van der Waals surface area (Å²) in [6.45, 7) is 13.4. The van der Waals surface area contributed by atoms with Crippen LogP contribution in [-0.2, 0) is 22.5 Å². The average Bonchev–Trinajstić information content (AvgIpc) is 2.71. The summed E-state index contributed by atoms with van der Waals surface area (Å²) in [5.41, 5.74) is 3.15. The van der Waals surface area contributed by atoms with E-state index in [0.717, 1.165) is 48.0 Å². The minimum atomic E-state index is -0.0249. The number of hydrogen-bond donors (Lipinski definition) is 0. The van der Waals surface area contributed by atoms with E-state index in [1.165, 1.54) is 0 Å². The Morgan fingerprint density at radius 1 is 1.10 bits per heavy atom. The summed E-state index contributed by atoms with van der Waals surface area (Å²) in [6.07, 6.45) is 1.58. The average molecular weight is 423 g/mol. The van der Waals surface area contributed by atoms with Crippen molar-refractivity contribution in [2.45, 2.75) is 66.2 Å². The van der Waals surface area contributed by atoms with Crippen molar-refractivity contribution in [2.24, 2.45) is 5.41 Å². The third-order valence-corrected chi connectivity index (χ3v) is 5.82. The van der Waals surface area contributed by atoms with Crippen LogP contribution in [0, 0.1) is 5.41 Å². The summed E-state index contributed by atoms with van der Waals surface area (Å²) in [7, 11) is 0. The van der Waals surface area contributed by atoms with Gasteiger partial charge in [0.25, 0.3) is 0 Å². The molecule has 0 spiro atoms. The molecule has 1 aromatic carbocycles. The van der Waals surface area contributed by atoms with Crippen LogP contribution in [0.5, 0.6) is 0 Å². The van der Waals surface area contributed by atoms with Crippen molar-refractivity contribution < 1.29 is 9.53 Å². The Balaban J connectivity index is 1.72. The SMILES string of the molecule is C[C@@H]1CN(c2nc(-c3ccccc3)nc3c2CN(C(=O)CC(C)(C)C)CC3)C[C@H](C)O1. The lowest BCUT2D eigenvalue weighted by atomic mass is 9.91. The molecule has 0 aliphatic carbocycles. The molecule has 0 bridgehead atoms. The van der Waals surface area contributed by atoms with E-state index in [0.29, 0.717) is 19.5 Å². The zero-order valence-electron chi connectivity index (χ0n) is 19.4. The van der Waals surface area contributed by atoms with Gasteiger partial charge in [0.05, 0.1) is 24.4 Å². The first-order valence-electron chi connectivity index (χ1n) is 11.3. The third kappa shape index (κ3) is 5.06. The lowest BCUT2D eigenvalue weighted by molar-refractivity contribution is -0.134. The molecule has 1 saturated heterocycles. The second-order valence-electron chi connectivity index (χ2n) is 10.1. The summed E-state index contributed by atoms with van der Waals surface area (Å²) in [4.78, 5) is 27.2. The normalized spacial score (nSPS) is 21.7. The molecule has 4 rings (SSSR count). The quantitative estimate of drug-likeness (QED) is 0.746. The van der Waals surface area contributed by atoms with Crippen LogP contribution in [0.4, 0.5) is 5.82 Å². The molecule has 2 aromatic rings. The number of carbonyl (C=O) groups excluding carboxylic acids is 1. The number of rotatable bonds is 3. The minimum absolute atomic E-state index is 0.0249. The molecule has 2 aliphatic rings. The van der Waals surface area contributed by atoms with Crippen LogP contribution in [0.3, 0.4) is 0 Å². The summed E-state index contributed by atoms with van der Waals surface area (Å²) < 4.78 is 5.96. The molecular weight excluding hydrogens is 388 g/mol. The Morgan fingerprint density at radius 3 is 2.42 bits per heavy atom. The first kappa shape index (κ1) is 21.8. The predicted molar refractivity (Wildman–Crippen MR) is 123 cm³/mol. The largest absolute Gasteiger partial charge is 0.372 e. The maximum absolute atomic E-state index is 13.0. The van der Waals surface area contributed by atoms with Gasteiger partial charge in [-0.3, -0.25) is 4.79 Å². The number of morpholine rings is 1. The lowest BCUT2D eigenvalue weighted by Gasteiger charge is -2.39. The van der Waals surface area contributed by atoms with Gasteiger partial charge in [-0.15, -0.1) is 0 Å². The van der Waals surface area contributed by atoms with Crippen LogP contribution in [0.2, 0.25) is 0 Å². The maximum atomic E-state index is 13.0. The highest BCUT2D eigenvalue weighted by molar-refractivity contribution is 5.77. The number of anilines is 1. The molecule has 6 heteroatoms. The summed E-state index contributed by atoms with van der Waals surface area (Å²) >= 11 is 0. The zero-order chi connectivity index (χ0) is 22.2. The predicted octanol–water partition coefficient (Wildman–Crippen LogP) is 4.08. The van der Waals surface area contributed by atoms with Crippen molar-refractivity contribution >= 4 is 11.7 Å². The van der Waals surface area contributed by atoms with Crippen molar-refractivity contribution in [2.75, 3.05) is 24.5 Å². The van der Waals surface area contributed by atoms with Crippen molar-refractivity contribution in [1.29, 1.82) is 0 Å². The summed E-state index contributed by atoms with van der Waals surface area (Å²) in [5.74, 6) is 1.93. The van der Waals surface area contributed by atoms with Gasteiger partial charge in [0.1, 0.15) is 5.82 Å². The number of hydrogen-bond acceptors (Lipinski definition) is 5. The highest BCUT2D eigenvalue weighted by Crippen LogP contribution is 2.32. The molecule has 1 aromatic heterocycles. The smallest absolute Gasteiger partial charge is 0.223 e. The first-order valence-corrected chi connectivity index (χ1v) is 11.3. The number of amides is 1. The van der Waals surface area contributed by atoms with E-state index in [4.69, 9.17) is 14.7 Å². The standard InChI is InChI=1S/C25H34N4O2/c1-17-14-29(15-18(2)31-17)24-20-16-28(22(30)13-25(3,4)5)12-11-21(20)26-23(27-24)19-9-7-6-8-10-19/h6-10,17-18H,11-16H2,1-5H3/t17-,18+. The fourth-order valence-electron chi connectivity index (χ4n) is 4.50. The third-order valence-electron chi connectivity index (χ3n) is 5.82. The molecule has 2 atom stereocenters. The van der Waals surface area contributed by atoms with E-state index in [-0.39, 0.29) is 23.5 Å². The number of aromatic nitrogens is 2. The molecule has 6 nitrogen and oxygen atoms in total. The van der Waals surface area contributed by atoms with Crippen LogP contribution in [0.1, 0.15) is 52.3 Å². The van der Waals surface area contributed by atoms with Gasteiger partial charge < -0.3 is 14.5 Å². The van der Waals surface area contributed by atoms with E-state index in [1.54, 1.807) is 0 Å². The Bertz CT molecular complexity index is 929. The molecule has 166 valence electrons. The Hall–Kier alpha value is -2.47. The molecule has 3 heterocycles. The minimum Gasteiger partial charge on any atom is -0.372 e. The monoisotopic (exact) mass is 422 g/mol. The molecule has 0 unspecified atom stereocenters. The molecule has 0 N–H and O–H groups in total. The zero-order valence-corrected chi connectivity index (χ0v) is 19.4. The molecule has 31 heavy (non-hydrogen) atoms. The van der Waals surface area contributed by atoms with E-state index < -0.39 is 0 Å². The van der Waals surface area contributed by atoms with Gasteiger partial charge in [0.2, 0.25) is 5.91 Å². The molecular formula is C25H34N4O2. The second-order valence-corrected chi connectivity index (χ2v) is 10.1. The van der Waals surface area contributed by atoms with Crippen LogP contribution in [0.25, 0.3) is 11.4 Å². The number of ether oxygens (including phenoxy) is 1. The number of nitrogens with zero attached hydrogens (tertiary/aromatic N) is 4. The summed E-state index contributed by atoms with van der Waals surface area (Å²) in [6, 6.07) is 10.1. The molecule has 0 saturated carbocycles. The van der Waals surface area contributed by atoms with Crippen molar-refractivity contribution in [1.82, 2.24) is 14.9 Å². The summed E-state index contributed by atoms with van der Waals surface area (Å²) in [5, 5.41) is 0. The van der Waals surface area contributed by atoms with Crippen molar-refractivity contribution in [3.05, 3.63) is 41.6 Å². The Kier molecular flexibility index (Phi) is 6.02. The Morgan fingerprint density at radius 2 is 1.77 bits per heavy atom. The number of fused-ring (bicyclic) bond motifs is 1. The second kappa shape index (κ2) is 8.58. The topological polar surface area (TPSA) is 58.6 Å². The highest BCUT2D eigenvalue weighted by atomic mass is 16.5.